The van der Waals surface area contributed by atoms with Crippen LogP contribution in [0.1, 0.15) is 12.8 Å². The van der Waals surface area contributed by atoms with E-state index in [1.54, 1.807) is 0 Å². The molecule has 0 aromatic rings. The van der Waals surface area contributed by atoms with E-state index in [1.807, 2.05) is 6.20 Å². The molecule has 2 nitrogen and oxygen atoms in total. The number of halogens is 1. The quantitative estimate of drug-likeness (QED) is 0.616. The molecule has 1 N–H and O–H groups in total. The fraction of sp³-hybridized carbons (Fsp3) is 0.714. The third kappa shape index (κ3) is 1.08. The third-order valence-corrected chi connectivity index (χ3v) is 2.09. The first-order chi connectivity index (χ1) is 4.90. The molecule has 3 heteroatoms. The number of hydrogen-bond acceptors (Lipinski definition) is 2. The second kappa shape index (κ2) is 2.35. The predicted molar refractivity (Wildman–Crippen MR) is 39.5 cm³/mol. The van der Waals surface area contributed by atoms with Gasteiger partial charge in [0, 0.05) is 12.1 Å². The van der Waals surface area contributed by atoms with Gasteiger partial charge < -0.3 is 10.1 Å². The normalized spacial score (nSPS) is 30.9. The molecule has 0 radical (unpaired) electrons. The Kier molecular flexibility index (Phi) is 1.49. The number of alkyl halides is 1. The van der Waals surface area contributed by atoms with Crippen molar-refractivity contribution >= 4 is 11.6 Å². The van der Waals surface area contributed by atoms with Gasteiger partial charge in [-0.25, -0.2) is 0 Å². The van der Waals surface area contributed by atoms with Crippen LogP contribution in [0.15, 0.2) is 12.0 Å². The summed E-state index contributed by atoms with van der Waals surface area (Å²) >= 11 is 5.58. The maximum absolute atomic E-state index is 5.58. The molecular formula is C7H10ClNO. The van der Waals surface area contributed by atoms with E-state index >= 15 is 0 Å². The molecular weight excluding hydrogens is 150 g/mol. The average Bonchev–Trinajstić information content (AvgIpc) is 2.70. The Labute approximate surface area is 65.2 Å². The Morgan fingerprint density at radius 2 is 2.50 bits per heavy atom. The summed E-state index contributed by atoms with van der Waals surface area (Å²) < 4.78 is 5.45. The Hall–Kier alpha value is -0.370. The van der Waals surface area contributed by atoms with Gasteiger partial charge in [0.25, 0.3) is 0 Å². The molecule has 2 aliphatic rings. The monoisotopic (exact) mass is 159 g/mol. The van der Waals surface area contributed by atoms with Gasteiger partial charge in [-0.2, -0.15) is 0 Å². The van der Waals surface area contributed by atoms with E-state index in [-0.39, 0.29) is 6.23 Å². The first-order valence-corrected chi connectivity index (χ1v) is 4.12. The molecule has 0 amide bonds. The fourth-order valence-electron chi connectivity index (χ4n) is 1.07. The minimum atomic E-state index is 0.0252. The lowest BCUT2D eigenvalue weighted by atomic mass is 10.4. The molecule has 1 aliphatic carbocycles. The first kappa shape index (κ1) is 6.35. The van der Waals surface area contributed by atoms with Crippen LogP contribution in [0.4, 0.5) is 0 Å². The maximum Gasteiger partial charge on any atom is 0.182 e. The number of nitrogens with one attached hydrogen (secondary N) is 1. The first-order valence-electron chi connectivity index (χ1n) is 3.59. The van der Waals surface area contributed by atoms with E-state index in [2.05, 4.69) is 5.32 Å². The summed E-state index contributed by atoms with van der Waals surface area (Å²) in [5.41, 5.74) is 0. The van der Waals surface area contributed by atoms with E-state index in [9.17, 15) is 0 Å². The summed E-state index contributed by atoms with van der Waals surface area (Å²) in [6.45, 7) is 0. The molecule has 10 heavy (non-hydrogen) atoms. The van der Waals surface area contributed by atoms with Crippen LogP contribution >= 0.6 is 11.6 Å². The summed E-state index contributed by atoms with van der Waals surface area (Å²) in [5.74, 6) is 2.32. The SMILES string of the molecule is ClCC1NC=C(C2CC2)O1. The van der Waals surface area contributed by atoms with Crippen molar-refractivity contribution in [3.8, 4) is 0 Å². The van der Waals surface area contributed by atoms with Gasteiger partial charge in [0.05, 0.1) is 5.88 Å². The van der Waals surface area contributed by atoms with Crippen molar-refractivity contribution in [2.45, 2.75) is 19.1 Å². The zero-order valence-electron chi connectivity index (χ0n) is 5.64. The van der Waals surface area contributed by atoms with Gasteiger partial charge in [-0.15, -0.1) is 11.6 Å². The summed E-state index contributed by atoms with van der Waals surface area (Å²) in [4.78, 5) is 0. The van der Waals surface area contributed by atoms with Crippen molar-refractivity contribution in [2.24, 2.45) is 5.92 Å². The van der Waals surface area contributed by atoms with E-state index in [0.29, 0.717) is 11.8 Å². The van der Waals surface area contributed by atoms with Gasteiger partial charge in [0.15, 0.2) is 6.23 Å². The Morgan fingerprint density at radius 1 is 1.70 bits per heavy atom. The molecule has 0 aromatic heterocycles. The molecule has 2 rings (SSSR count). The van der Waals surface area contributed by atoms with E-state index in [0.717, 1.165) is 5.76 Å². The van der Waals surface area contributed by atoms with Crippen molar-refractivity contribution in [1.82, 2.24) is 5.32 Å². The number of rotatable bonds is 2. The van der Waals surface area contributed by atoms with Crippen LogP contribution in [-0.4, -0.2) is 12.1 Å². The molecule has 0 bridgehead atoms. The largest absolute Gasteiger partial charge is 0.472 e. The molecule has 0 spiro atoms. The summed E-state index contributed by atoms with van der Waals surface area (Å²) in [6.07, 6.45) is 4.53. The van der Waals surface area contributed by atoms with Gasteiger partial charge in [-0.3, -0.25) is 0 Å². The highest BCUT2D eigenvalue weighted by molar-refractivity contribution is 6.18. The highest BCUT2D eigenvalue weighted by Gasteiger charge is 2.31. The highest BCUT2D eigenvalue weighted by Crippen LogP contribution is 2.38. The van der Waals surface area contributed by atoms with Crippen molar-refractivity contribution < 1.29 is 4.74 Å². The van der Waals surface area contributed by atoms with E-state index in [1.165, 1.54) is 12.8 Å². The Morgan fingerprint density at radius 3 is 3.00 bits per heavy atom. The smallest absolute Gasteiger partial charge is 0.182 e. The van der Waals surface area contributed by atoms with Crippen LogP contribution in [0.25, 0.3) is 0 Å². The Bertz CT molecular complexity index is 165. The van der Waals surface area contributed by atoms with Crippen molar-refractivity contribution in [3.05, 3.63) is 12.0 Å². The minimum Gasteiger partial charge on any atom is -0.472 e. The molecule has 0 saturated heterocycles. The predicted octanol–water partition coefficient (Wildman–Crippen LogP) is 1.42. The van der Waals surface area contributed by atoms with Crippen LogP contribution in [0.2, 0.25) is 0 Å². The second-order valence-corrected chi connectivity index (χ2v) is 3.06. The number of ether oxygens (including phenoxy) is 1. The molecule has 1 heterocycles. The molecule has 1 saturated carbocycles. The second-order valence-electron chi connectivity index (χ2n) is 2.75. The van der Waals surface area contributed by atoms with Crippen LogP contribution in [0.3, 0.4) is 0 Å². The van der Waals surface area contributed by atoms with Gasteiger partial charge >= 0.3 is 0 Å². The summed E-state index contributed by atoms with van der Waals surface area (Å²) in [6, 6.07) is 0. The van der Waals surface area contributed by atoms with Gasteiger partial charge in [-0.1, -0.05) is 0 Å². The highest BCUT2D eigenvalue weighted by atomic mass is 35.5. The van der Waals surface area contributed by atoms with Crippen LogP contribution < -0.4 is 5.32 Å². The fourth-order valence-corrected chi connectivity index (χ4v) is 1.22. The van der Waals surface area contributed by atoms with E-state index in [4.69, 9.17) is 16.3 Å². The molecule has 1 aliphatic heterocycles. The lowest BCUT2D eigenvalue weighted by Gasteiger charge is -2.08. The molecule has 1 fully saturated rings. The van der Waals surface area contributed by atoms with Gasteiger partial charge in [0.2, 0.25) is 0 Å². The van der Waals surface area contributed by atoms with Gasteiger partial charge in [0.1, 0.15) is 5.76 Å². The minimum absolute atomic E-state index is 0.0252. The molecule has 0 aromatic carbocycles. The number of hydrogen-bond donors (Lipinski definition) is 1. The summed E-state index contributed by atoms with van der Waals surface area (Å²) in [5, 5.41) is 3.06. The zero-order valence-corrected chi connectivity index (χ0v) is 6.40. The molecule has 1 unspecified atom stereocenters. The van der Waals surface area contributed by atoms with Crippen LogP contribution in [-0.2, 0) is 4.74 Å². The third-order valence-electron chi connectivity index (χ3n) is 1.81. The molecule has 56 valence electrons. The lowest BCUT2D eigenvalue weighted by Crippen LogP contribution is -2.22. The standard InChI is InChI=1S/C7H10ClNO/c8-3-7-9-4-6(10-7)5-1-2-5/h4-5,7,9H,1-3H2. The van der Waals surface area contributed by atoms with Crippen molar-refractivity contribution in [1.29, 1.82) is 0 Å². The van der Waals surface area contributed by atoms with Crippen LogP contribution in [0.5, 0.6) is 0 Å². The van der Waals surface area contributed by atoms with E-state index < -0.39 is 0 Å². The topological polar surface area (TPSA) is 21.3 Å². The van der Waals surface area contributed by atoms with Crippen LogP contribution in [0, 0.1) is 5.92 Å². The maximum atomic E-state index is 5.58. The average molecular weight is 160 g/mol. The lowest BCUT2D eigenvalue weighted by molar-refractivity contribution is 0.137. The zero-order chi connectivity index (χ0) is 6.97. The van der Waals surface area contributed by atoms with Crippen molar-refractivity contribution in [3.63, 3.8) is 0 Å². The van der Waals surface area contributed by atoms with Crippen molar-refractivity contribution in [2.75, 3.05) is 5.88 Å². The van der Waals surface area contributed by atoms with Gasteiger partial charge in [-0.05, 0) is 12.8 Å². The Balaban J connectivity index is 1.89. The summed E-state index contributed by atoms with van der Waals surface area (Å²) in [7, 11) is 0. The molecule has 1 atom stereocenters. The number of allylic oxidation sites excluding steroid dienone is 1.